The third-order valence-corrected chi connectivity index (χ3v) is 3.72. The van der Waals surface area contributed by atoms with Gasteiger partial charge in [0.15, 0.2) is 0 Å². The van der Waals surface area contributed by atoms with Gasteiger partial charge in [-0.1, -0.05) is 0 Å². The van der Waals surface area contributed by atoms with Crippen LogP contribution in [0.5, 0.6) is 0 Å². The molecule has 0 aliphatic carbocycles. The van der Waals surface area contributed by atoms with Crippen LogP contribution in [0.1, 0.15) is 24.4 Å². The molecule has 1 aliphatic rings. The van der Waals surface area contributed by atoms with Gasteiger partial charge in [-0.3, -0.25) is 9.88 Å². The lowest BCUT2D eigenvalue weighted by molar-refractivity contribution is 0.313. The van der Waals surface area contributed by atoms with Crippen LogP contribution in [0.4, 0.5) is 0 Å². The average Bonchev–Trinajstić information content (AvgIpc) is 2.64. The second-order valence-corrected chi connectivity index (χ2v) is 4.60. The van der Waals surface area contributed by atoms with Crippen LogP contribution >= 0.6 is 11.8 Å². The van der Waals surface area contributed by atoms with Crippen molar-refractivity contribution in [2.75, 3.05) is 19.8 Å². The van der Waals surface area contributed by atoms with Crippen LogP contribution in [0, 0.1) is 0 Å². The Morgan fingerprint density at radius 1 is 1.57 bits per heavy atom. The summed E-state index contributed by atoms with van der Waals surface area (Å²) in [5.74, 6) is 0. The van der Waals surface area contributed by atoms with E-state index in [-0.39, 0.29) is 0 Å². The van der Waals surface area contributed by atoms with Gasteiger partial charge >= 0.3 is 0 Å². The van der Waals surface area contributed by atoms with Crippen molar-refractivity contribution < 1.29 is 0 Å². The van der Waals surface area contributed by atoms with Crippen molar-refractivity contribution >= 4 is 11.8 Å². The van der Waals surface area contributed by atoms with Gasteiger partial charge in [-0.2, -0.15) is 0 Å². The van der Waals surface area contributed by atoms with Gasteiger partial charge in [0.2, 0.25) is 0 Å². The predicted octanol–water partition coefficient (Wildman–Crippen LogP) is 2.57. The maximum absolute atomic E-state index is 4.23. The largest absolute Gasteiger partial charge is 0.299 e. The molecule has 2 nitrogen and oxygen atoms in total. The molecule has 0 aromatic carbocycles. The molecular formula is C11H16N2S. The summed E-state index contributed by atoms with van der Waals surface area (Å²) in [6.07, 6.45) is 8.62. The van der Waals surface area contributed by atoms with E-state index in [1.807, 2.05) is 24.2 Å². The molecule has 14 heavy (non-hydrogen) atoms. The second kappa shape index (κ2) is 4.32. The van der Waals surface area contributed by atoms with Crippen LogP contribution in [-0.2, 0) is 0 Å². The van der Waals surface area contributed by atoms with Crippen molar-refractivity contribution in [2.45, 2.75) is 23.8 Å². The average molecular weight is 208 g/mol. The molecule has 0 spiro atoms. The lowest BCUT2D eigenvalue weighted by Crippen LogP contribution is -2.18. The Balaban J connectivity index is 2.30. The van der Waals surface area contributed by atoms with Gasteiger partial charge in [-0.05, 0) is 38.8 Å². The molecule has 0 N–H and O–H groups in total. The van der Waals surface area contributed by atoms with E-state index in [1.165, 1.54) is 29.8 Å². The third-order valence-electron chi connectivity index (χ3n) is 2.91. The number of thioether (sulfide) groups is 1. The topological polar surface area (TPSA) is 16.1 Å². The van der Waals surface area contributed by atoms with Gasteiger partial charge in [-0.25, -0.2) is 0 Å². The monoisotopic (exact) mass is 208 g/mol. The summed E-state index contributed by atoms with van der Waals surface area (Å²) in [6, 6.07) is 2.71. The van der Waals surface area contributed by atoms with Crippen molar-refractivity contribution in [3.05, 3.63) is 24.0 Å². The Bertz CT molecular complexity index is 314. The third kappa shape index (κ3) is 1.79. The molecule has 0 unspecified atom stereocenters. The molecule has 1 aliphatic heterocycles. The minimum Gasteiger partial charge on any atom is -0.299 e. The number of pyridine rings is 1. The highest BCUT2D eigenvalue weighted by Crippen LogP contribution is 2.34. The summed E-state index contributed by atoms with van der Waals surface area (Å²) in [6.45, 7) is 1.22. The number of rotatable bonds is 2. The van der Waals surface area contributed by atoms with Gasteiger partial charge in [0, 0.05) is 28.9 Å². The summed E-state index contributed by atoms with van der Waals surface area (Å²) in [7, 11) is 2.20. The van der Waals surface area contributed by atoms with E-state index < -0.39 is 0 Å². The molecule has 1 atom stereocenters. The zero-order valence-corrected chi connectivity index (χ0v) is 9.55. The van der Waals surface area contributed by atoms with Crippen molar-refractivity contribution in [3.63, 3.8) is 0 Å². The first kappa shape index (κ1) is 9.99. The van der Waals surface area contributed by atoms with Crippen LogP contribution in [0.15, 0.2) is 23.4 Å². The molecule has 0 amide bonds. The van der Waals surface area contributed by atoms with E-state index in [1.54, 1.807) is 0 Å². The minimum absolute atomic E-state index is 0.589. The number of aromatic nitrogens is 1. The van der Waals surface area contributed by atoms with E-state index in [0.717, 1.165) is 0 Å². The molecule has 1 fully saturated rings. The summed E-state index contributed by atoms with van der Waals surface area (Å²) >= 11 is 1.82. The number of likely N-dealkylation sites (tertiary alicyclic amines) is 1. The predicted molar refractivity (Wildman–Crippen MR) is 60.6 cm³/mol. The van der Waals surface area contributed by atoms with Crippen LogP contribution in [0.25, 0.3) is 0 Å². The first-order chi connectivity index (χ1) is 6.83. The van der Waals surface area contributed by atoms with Gasteiger partial charge in [-0.15, -0.1) is 11.8 Å². The Hall–Kier alpha value is -0.540. The highest BCUT2D eigenvalue weighted by atomic mass is 32.2. The highest BCUT2D eigenvalue weighted by molar-refractivity contribution is 7.98. The summed E-state index contributed by atoms with van der Waals surface area (Å²) in [5, 5.41) is 0. The first-order valence-corrected chi connectivity index (χ1v) is 6.23. The molecule has 1 aromatic heterocycles. The van der Waals surface area contributed by atoms with E-state index in [4.69, 9.17) is 0 Å². The van der Waals surface area contributed by atoms with Crippen LogP contribution < -0.4 is 0 Å². The fraction of sp³-hybridized carbons (Fsp3) is 0.545. The molecule has 0 saturated carbocycles. The number of hydrogen-bond donors (Lipinski definition) is 0. The van der Waals surface area contributed by atoms with Gasteiger partial charge in [0.25, 0.3) is 0 Å². The lowest BCUT2D eigenvalue weighted by atomic mass is 10.1. The lowest BCUT2D eigenvalue weighted by Gasteiger charge is -2.21. The summed E-state index contributed by atoms with van der Waals surface area (Å²) in [4.78, 5) is 8.03. The Morgan fingerprint density at radius 3 is 3.07 bits per heavy atom. The minimum atomic E-state index is 0.589. The zero-order valence-electron chi connectivity index (χ0n) is 8.73. The number of nitrogens with zero attached hydrogens (tertiary/aromatic N) is 2. The van der Waals surface area contributed by atoms with Crippen LogP contribution in [0.2, 0.25) is 0 Å². The Labute approximate surface area is 89.7 Å². The summed E-state index contributed by atoms with van der Waals surface area (Å²) < 4.78 is 0. The maximum Gasteiger partial charge on any atom is 0.0371 e. The van der Waals surface area contributed by atoms with E-state index >= 15 is 0 Å². The SMILES string of the molecule is CSc1ccncc1[C@@H]1CCCN1C. The molecule has 2 rings (SSSR count). The molecular weight excluding hydrogens is 192 g/mol. The van der Waals surface area contributed by atoms with Crippen molar-refractivity contribution in [3.8, 4) is 0 Å². The van der Waals surface area contributed by atoms with Crippen molar-refractivity contribution in [2.24, 2.45) is 0 Å². The second-order valence-electron chi connectivity index (χ2n) is 3.76. The van der Waals surface area contributed by atoms with E-state index in [0.29, 0.717) is 6.04 Å². The Kier molecular flexibility index (Phi) is 3.08. The first-order valence-electron chi connectivity index (χ1n) is 5.01. The maximum atomic E-state index is 4.23. The van der Waals surface area contributed by atoms with Crippen LogP contribution in [-0.4, -0.2) is 29.7 Å². The van der Waals surface area contributed by atoms with E-state index in [2.05, 4.69) is 29.3 Å². The van der Waals surface area contributed by atoms with Crippen molar-refractivity contribution in [1.29, 1.82) is 0 Å². The summed E-state index contributed by atoms with van der Waals surface area (Å²) in [5.41, 5.74) is 1.40. The smallest absolute Gasteiger partial charge is 0.0371 e. The molecule has 0 radical (unpaired) electrons. The van der Waals surface area contributed by atoms with Gasteiger partial charge in [0.05, 0.1) is 0 Å². The highest BCUT2D eigenvalue weighted by Gasteiger charge is 2.24. The quantitative estimate of drug-likeness (QED) is 0.695. The van der Waals surface area contributed by atoms with Gasteiger partial charge < -0.3 is 0 Å². The van der Waals surface area contributed by atoms with E-state index in [9.17, 15) is 0 Å². The standard InChI is InChI=1S/C11H16N2S/c1-13-7-3-4-10(13)9-8-12-6-5-11(9)14-2/h5-6,8,10H,3-4,7H2,1-2H3/t10-/m0/s1. The Morgan fingerprint density at radius 2 is 2.43 bits per heavy atom. The molecule has 3 heteroatoms. The molecule has 76 valence electrons. The molecule has 1 saturated heterocycles. The molecule has 0 bridgehead atoms. The zero-order chi connectivity index (χ0) is 9.97. The van der Waals surface area contributed by atoms with Crippen LogP contribution in [0.3, 0.4) is 0 Å². The fourth-order valence-corrected chi connectivity index (χ4v) is 2.75. The normalized spacial score (nSPS) is 22.9. The molecule has 2 heterocycles. The van der Waals surface area contributed by atoms with Gasteiger partial charge in [0.1, 0.15) is 0 Å². The van der Waals surface area contributed by atoms with Crippen molar-refractivity contribution in [1.82, 2.24) is 9.88 Å². The fourth-order valence-electron chi connectivity index (χ4n) is 2.13. The molecule has 1 aromatic rings. The number of hydrogen-bond acceptors (Lipinski definition) is 3.